The van der Waals surface area contributed by atoms with E-state index >= 15 is 0 Å². The first-order valence-electron chi connectivity index (χ1n) is 10.9. The van der Waals surface area contributed by atoms with Crippen LogP contribution < -0.4 is 0 Å². The maximum Gasteiger partial charge on any atom is 0.131 e. The second-order valence-corrected chi connectivity index (χ2v) is 8.01. The van der Waals surface area contributed by atoms with Crippen molar-refractivity contribution in [2.24, 2.45) is 0 Å². The fourth-order valence-corrected chi connectivity index (χ4v) is 4.20. The number of hydrogen-bond acceptors (Lipinski definition) is 1. The Morgan fingerprint density at radius 1 is 0.966 bits per heavy atom. The Morgan fingerprint density at radius 2 is 1.66 bits per heavy atom. The molecule has 3 rings (SSSR count). The Balaban J connectivity index is 1.68. The number of aryl methyl sites for hydroxylation is 1. The van der Waals surface area contributed by atoms with E-state index in [1.54, 1.807) is 18.2 Å². The maximum absolute atomic E-state index is 14.9. The van der Waals surface area contributed by atoms with Crippen LogP contribution in [-0.2, 0) is 11.2 Å². The van der Waals surface area contributed by atoms with E-state index in [0.717, 1.165) is 62.7 Å². The lowest BCUT2D eigenvalue weighted by atomic mass is 9.82. The first-order valence-corrected chi connectivity index (χ1v) is 10.9. The summed E-state index contributed by atoms with van der Waals surface area (Å²) in [5, 5.41) is 0. The molecule has 2 aromatic carbocycles. The van der Waals surface area contributed by atoms with E-state index in [9.17, 15) is 8.78 Å². The van der Waals surface area contributed by atoms with Gasteiger partial charge in [0.1, 0.15) is 11.6 Å². The van der Waals surface area contributed by atoms with Crippen molar-refractivity contribution >= 4 is 0 Å². The van der Waals surface area contributed by atoms with Gasteiger partial charge in [0.25, 0.3) is 0 Å². The average molecular weight is 399 g/mol. The van der Waals surface area contributed by atoms with Crippen LogP contribution in [0, 0.1) is 11.6 Å². The summed E-state index contributed by atoms with van der Waals surface area (Å²) in [5.74, 6) is -0.338. The van der Waals surface area contributed by atoms with Gasteiger partial charge in [-0.2, -0.15) is 0 Å². The lowest BCUT2D eigenvalue weighted by molar-refractivity contribution is 0.0251. The van der Waals surface area contributed by atoms with E-state index in [1.165, 1.54) is 6.07 Å². The average Bonchev–Trinajstić information content (AvgIpc) is 2.73. The molecule has 0 aliphatic heterocycles. The SMILES string of the molecule is C/C=C/CCc1ccc(-c2ccc(C3CCC(OCCC)CC3)cc2F)c(F)c1. The highest BCUT2D eigenvalue weighted by Crippen LogP contribution is 2.36. The van der Waals surface area contributed by atoms with Crippen LogP contribution in [0.1, 0.15) is 69.4 Å². The number of hydrogen-bond donors (Lipinski definition) is 0. The predicted octanol–water partition coefficient (Wildman–Crippen LogP) is 7.59. The fourth-order valence-electron chi connectivity index (χ4n) is 4.20. The summed E-state index contributed by atoms with van der Waals surface area (Å²) in [4.78, 5) is 0. The van der Waals surface area contributed by atoms with E-state index in [2.05, 4.69) is 13.0 Å². The minimum Gasteiger partial charge on any atom is -0.378 e. The van der Waals surface area contributed by atoms with Crippen LogP contribution in [0.4, 0.5) is 8.78 Å². The standard InChI is InChI=1S/C26H32F2O/c1-3-5-6-7-19-8-14-23(25(27)17-19)24-15-11-21(18-26(24)28)20-9-12-22(13-10-20)29-16-4-2/h3,5,8,11,14-15,17-18,20,22H,4,6-7,9-10,12-13,16H2,1-2H3/b5-3+. The van der Waals surface area contributed by atoms with Gasteiger partial charge in [0, 0.05) is 17.7 Å². The second-order valence-electron chi connectivity index (χ2n) is 8.01. The van der Waals surface area contributed by atoms with Crippen molar-refractivity contribution < 1.29 is 13.5 Å². The van der Waals surface area contributed by atoms with Crippen LogP contribution in [0.2, 0.25) is 0 Å². The van der Waals surface area contributed by atoms with Gasteiger partial charge in [-0.05, 0) is 81.0 Å². The zero-order valence-electron chi connectivity index (χ0n) is 17.6. The van der Waals surface area contributed by atoms with Gasteiger partial charge in [0.15, 0.2) is 0 Å². The summed E-state index contributed by atoms with van der Waals surface area (Å²) in [6, 6.07) is 10.4. The summed E-state index contributed by atoms with van der Waals surface area (Å²) < 4.78 is 35.3. The number of rotatable bonds is 8. The van der Waals surface area contributed by atoms with Gasteiger partial charge >= 0.3 is 0 Å². The molecule has 1 aliphatic carbocycles. The summed E-state index contributed by atoms with van der Waals surface area (Å²) >= 11 is 0. The highest BCUT2D eigenvalue weighted by Gasteiger charge is 2.23. The molecule has 1 saturated carbocycles. The van der Waals surface area contributed by atoms with Gasteiger partial charge in [-0.3, -0.25) is 0 Å². The highest BCUT2D eigenvalue weighted by molar-refractivity contribution is 5.65. The molecule has 0 saturated heterocycles. The molecular formula is C26H32F2O. The van der Waals surface area contributed by atoms with Gasteiger partial charge in [0.2, 0.25) is 0 Å². The molecule has 0 atom stereocenters. The van der Waals surface area contributed by atoms with E-state index in [4.69, 9.17) is 4.74 Å². The molecule has 156 valence electrons. The van der Waals surface area contributed by atoms with Gasteiger partial charge in [-0.1, -0.05) is 43.3 Å². The number of halogens is 2. The van der Waals surface area contributed by atoms with E-state index in [1.807, 2.05) is 25.1 Å². The van der Waals surface area contributed by atoms with Gasteiger partial charge in [-0.25, -0.2) is 8.78 Å². The molecule has 0 unspecified atom stereocenters. The largest absolute Gasteiger partial charge is 0.378 e. The molecule has 29 heavy (non-hydrogen) atoms. The van der Waals surface area contributed by atoms with E-state index in [0.29, 0.717) is 23.1 Å². The van der Waals surface area contributed by atoms with E-state index < -0.39 is 0 Å². The minimum absolute atomic E-state index is 0.334. The van der Waals surface area contributed by atoms with Crippen molar-refractivity contribution in [3.05, 3.63) is 71.3 Å². The lowest BCUT2D eigenvalue weighted by Gasteiger charge is -2.29. The zero-order chi connectivity index (χ0) is 20.6. The van der Waals surface area contributed by atoms with Crippen molar-refractivity contribution in [3.8, 4) is 11.1 Å². The number of ether oxygens (including phenoxy) is 1. The molecule has 0 N–H and O–H groups in total. The van der Waals surface area contributed by atoms with Crippen LogP contribution in [0.3, 0.4) is 0 Å². The normalized spacial score (nSPS) is 19.7. The molecule has 1 aliphatic rings. The van der Waals surface area contributed by atoms with Crippen molar-refractivity contribution in [2.45, 2.75) is 70.8 Å². The molecule has 0 amide bonds. The first-order chi connectivity index (χ1) is 14.1. The fraction of sp³-hybridized carbons (Fsp3) is 0.462. The molecule has 1 fully saturated rings. The topological polar surface area (TPSA) is 9.23 Å². The molecule has 0 aromatic heterocycles. The Labute approximate surface area is 173 Å². The van der Waals surface area contributed by atoms with Crippen molar-refractivity contribution in [1.29, 1.82) is 0 Å². The molecule has 2 aromatic rings. The van der Waals surface area contributed by atoms with Crippen LogP contribution in [0.5, 0.6) is 0 Å². The zero-order valence-corrected chi connectivity index (χ0v) is 17.6. The van der Waals surface area contributed by atoms with Gasteiger partial charge < -0.3 is 4.74 Å². The molecule has 0 spiro atoms. The third-order valence-corrected chi connectivity index (χ3v) is 5.86. The Morgan fingerprint density at radius 3 is 2.28 bits per heavy atom. The summed E-state index contributed by atoms with van der Waals surface area (Å²) in [6.07, 6.45) is 11.2. The third kappa shape index (κ3) is 5.76. The lowest BCUT2D eigenvalue weighted by Crippen LogP contribution is -2.21. The molecule has 0 bridgehead atoms. The van der Waals surface area contributed by atoms with Crippen LogP contribution in [0.25, 0.3) is 11.1 Å². The molecule has 0 heterocycles. The Bertz CT molecular complexity index is 819. The van der Waals surface area contributed by atoms with Crippen LogP contribution >= 0.6 is 0 Å². The molecular weight excluding hydrogens is 366 g/mol. The summed E-state index contributed by atoms with van der Waals surface area (Å²) in [7, 11) is 0. The van der Waals surface area contributed by atoms with Gasteiger partial charge in [0.05, 0.1) is 6.10 Å². The van der Waals surface area contributed by atoms with Crippen molar-refractivity contribution in [2.75, 3.05) is 6.61 Å². The molecule has 3 heteroatoms. The quantitative estimate of drug-likeness (QED) is 0.416. The minimum atomic E-state index is -0.358. The number of allylic oxidation sites excluding steroid dienone is 2. The number of benzene rings is 2. The Kier molecular flexibility index (Phi) is 8.00. The summed E-state index contributed by atoms with van der Waals surface area (Å²) in [5.41, 5.74) is 2.62. The third-order valence-electron chi connectivity index (χ3n) is 5.86. The second kappa shape index (κ2) is 10.7. The van der Waals surface area contributed by atoms with Crippen LogP contribution in [-0.4, -0.2) is 12.7 Å². The first kappa shape index (κ1) is 21.7. The monoisotopic (exact) mass is 398 g/mol. The van der Waals surface area contributed by atoms with Crippen molar-refractivity contribution in [1.82, 2.24) is 0 Å². The molecule has 0 radical (unpaired) electrons. The predicted molar refractivity (Wildman–Crippen MR) is 116 cm³/mol. The van der Waals surface area contributed by atoms with Gasteiger partial charge in [-0.15, -0.1) is 0 Å². The maximum atomic E-state index is 14.9. The van der Waals surface area contributed by atoms with E-state index in [-0.39, 0.29) is 11.6 Å². The van der Waals surface area contributed by atoms with Crippen LogP contribution in [0.15, 0.2) is 48.6 Å². The summed E-state index contributed by atoms with van der Waals surface area (Å²) in [6.45, 7) is 4.91. The smallest absolute Gasteiger partial charge is 0.131 e. The Hall–Kier alpha value is -2.00. The molecule has 1 nitrogen and oxygen atoms in total. The van der Waals surface area contributed by atoms with Crippen molar-refractivity contribution in [3.63, 3.8) is 0 Å². The highest BCUT2D eigenvalue weighted by atomic mass is 19.1.